The Hall–Kier alpha value is -0.176. The van der Waals surface area contributed by atoms with Crippen molar-refractivity contribution in [2.75, 3.05) is 7.05 Å². The van der Waals surface area contributed by atoms with Gasteiger partial charge in [-0.25, -0.2) is 0 Å². The molecule has 2 aromatic rings. The Morgan fingerprint density at radius 1 is 1.38 bits per heavy atom. The second-order valence-electron chi connectivity index (χ2n) is 2.80. The molecule has 0 aliphatic heterocycles. The van der Waals surface area contributed by atoms with Gasteiger partial charge in [0, 0.05) is 6.54 Å². The van der Waals surface area contributed by atoms with E-state index in [-0.39, 0.29) is 32.7 Å². The first-order valence-electron chi connectivity index (χ1n) is 4.03. The number of hydrogen-bond donors (Lipinski definition) is 2. The number of H-pyrrole nitrogens is 1. The van der Waals surface area contributed by atoms with Crippen molar-refractivity contribution >= 4 is 10.9 Å². The largest absolute Gasteiger partial charge is 3.00 e. The van der Waals surface area contributed by atoms with Gasteiger partial charge >= 0.3 is 32.7 Å². The average Bonchev–Trinajstić information content (AvgIpc) is 2.47. The minimum atomic E-state index is 0. The maximum Gasteiger partial charge on any atom is 3.00 e. The molecule has 0 radical (unpaired) electrons. The molecule has 0 amide bonds. The summed E-state index contributed by atoms with van der Waals surface area (Å²) in [4.78, 5) is 3.28. The minimum absolute atomic E-state index is 0. The predicted molar refractivity (Wildman–Crippen MR) is 49.9 cm³/mol. The molecule has 0 aliphatic rings. The number of benzene rings is 1. The van der Waals surface area contributed by atoms with Crippen LogP contribution >= 0.6 is 0 Å². The smallest absolute Gasteiger partial charge is 0.420 e. The van der Waals surface area contributed by atoms with Gasteiger partial charge in [-0.2, -0.15) is 17.5 Å². The van der Waals surface area contributed by atoms with E-state index in [2.05, 4.69) is 28.5 Å². The fourth-order valence-electron chi connectivity index (χ4n) is 1.32. The van der Waals surface area contributed by atoms with E-state index in [9.17, 15) is 0 Å². The molecule has 62 valence electrons. The third-order valence-corrected chi connectivity index (χ3v) is 1.85. The van der Waals surface area contributed by atoms with Crippen LogP contribution in [0, 0.1) is 6.07 Å². The number of aromatic amines is 1. The van der Waals surface area contributed by atoms with Crippen LogP contribution in [0.3, 0.4) is 0 Å². The van der Waals surface area contributed by atoms with Crippen molar-refractivity contribution in [1.29, 1.82) is 0 Å². The summed E-state index contributed by atoms with van der Waals surface area (Å²) in [5, 5.41) is 4.24. The van der Waals surface area contributed by atoms with E-state index in [0.29, 0.717) is 0 Å². The van der Waals surface area contributed by atoms with E-state index in [1.165, 1.54) is 0 Å². The van der Waals surface area contributed by atoms with Gasteiger partial charge in [-0.1, -0.05) is 17.6 Å². The Bertz CT molecular complexity index is 348. The SMILES string of the molecule is CNCc1[c-]c2ccccc2[nH]1.[Y+3]. The van der Waals surface area contributed by atoms with Gasteiger partial charge in [-0.05, 0) is 12.7 Å². The molecule has 1 heterocycles. The normalized spacial score (nSPS) is 9.92. The fraction of sp³-hybridized carbons (Fsp3) is 0.200. The van der Waals surface area contributed by atoms with Crippen molar-refractivity contribution in [2.24, 2.45) is 0 Å². The van der Waals surface area contributed by atoms with Gasteiger partial charge in [0.05, 0.1) is 0 Å². The van der Waals surface area contributed by atoms with E-state index in [4.69, 9.17) is 0 Å². The third-order valence-electron chi connectivity index (χ3n) is 1.85. The van der Waals surface area contributed by atoms with Crippen molar-refractivity contribution in [2.45, 2.75) is 6.54 Å². The molecule has 0 aliphatic carbocycles. The van der Waals surface area contributed by atoms with Gasteiger partial charge in [0.15, 0.2) is 0 Å². The summed E-state index contributed by atoms with van der Waals surface area (Å²) >= 11 is 0. The Balaban J connectivity index is 0.000000845. The van der Waals surface area contributed by atoms with Gasteiger partial charge in [0.25, 0.3) is 0 Å². The van der Waals surface area contributed by atoms with Crippen molar-refractivity contribution in [3.8, 4) is 0 Å². The standard InChI is InChI=1S/C10H11N2.Y/c1-11-7-9-6-8-4-2-3-5-10(8)12-9;/h2-5,11-12H,7H2,1H3;/q-1;+3. The summed E-state index contributed by atoms with van der Waals surface area (Å²) in [6.07, 6.45) is 0. The molecule has 0 spiro atoms. The molecule has 0 atom stereocenters. The summed E-state index contributed by atoms with van der Waals surface area (Å²) in [6.45, 7) is 0.842. The van der Waals surface area contributed by atoms with Gasteiger partial charge in [-0.3, -0.25) is 0 Å². The molecule has 3 heteroatoms. The molecular weight excluding hydrogens is 237 g/mol. The molecular formula is C10H11N2Y+2. The van der Waals surface area contributed by atoms with E-state index in [1.807, 2.05) is 19.2 Å². The Kier molecular flexibility index (Phi) is 4.10. The number of hydrogen-bond acceptors (Lipinski definition) is 1. The van der Waals surface area contributed by atoms with Gasteiger partial charge in [0.1, 0.15) is 0 Å². The van der Waals surface area contributed by atoms with Gasteiger partial charge < -0.3 is 10.3 Å². The monoisotopic (exact) mass is 248 g/mol. The van der Waals surface area contributed by atoms with Crippen molar-refractivity contribution < 1.29 is 32.7 Å². The number of aromatic nitrogens is 1. The van der Waals surface area contributed by atoms with Crippen LogP contribution in [0.5, 0.6) is 0 Å². The first-order valence-corrected chi connectivity index (χ1v) is 4.03. The average molecular weight is 248 g/mol. The molecule has 2 nitrogen and oxygen atoms in total. The van der Waals surface area contributed by atoms with Crippen molar-refractivity contribution in [3.05, 3.63) is 36.0 Å². The molecule has 13 heavy (non-hydrogen) atoms. The van der Waals surface area contributed by atoms with E-state index >= 15 is 0 Å². The number of nitrogens with one attached hydrogen (secondary N) is 2. The predicted octanol–water partition coefficient (Wildman–Crippen LogP) is 1.68. The molecule has 1 aromatic heterocycles. The molecule has 0 fully saturated rings. The second-order valence-corrected chi connectivity index (χ2v) is 2.80. The van der Waals surface area contributed by atoms with Crippen LogP contribution < -0.4 is 5.32 Å². The number of rotatable bonds is 2. The minimum Gasteiger partial charge on any atom is -0.420 e. The summed E-state index contributed by atoms with van der Waals surface area (Å²) in [7, 11) is 1.93. The van der Waals surface area contributed by atoms with Crippen LogP contribution in [0.4, 0.5) is 0 Å². The number of para-hydroxylation sites is 1. The summed E-state index contributed by atoms with van der Waals surface area (Å²) < 4.78 is 0. The Morgan fingerprint density at radius 2 is 2.15 bits per heavy atom. The van der Waals surface area contributed by atoms with Crippen molar-refractivity contribution in [3.63, 3.8) is 0 Å². The summed E-state index contributed by atoms with van der Waals surface area (Å²) in [5.41, 5.74) is 2.27. The van der Waals surface area contributed by atoms with Crippen LogP contribution in [0.25, 0.3) is 10.9 Å². The van der Waals surface area contributed by atoms with Gasteiger partial charge in [-0.15, -0.1) is 6.07 Å². The fourth-order valence-corrected chi connectivity index (χ4v) is 1.32. The molecule has 2 N–H and O–H groups in total. The molecule has 1 aromatic carbocycles. The molecule has 0 saturated heterocycles. The molecule has 2 rings (SSSR count). The molecule has 0 saturated carbocycles. The van der Waals surface area contributed by atoms with E-state index < -0.39 is 0 Å². The topological polar surface area (TPSA) is 27.8 Å². The zero-order valence-electron chi connectivity index (χ0n) is 7.59. The number of fused-ring (bicyclic) bond motifs is 1. The Labute approximate surface area is 103 Å². The maximum absolute atomic E-state index is 3.28. The van der Waals surface area contributed by atoms with Crippen LogP contribution in [0.1, 0.15) is 5.69 Å². The first kappa shape index (κ1) is 10.9. The van der Waals surface area contributed by atoms with Crippen LogP contribution in [-0.2, 0) is 39.3 Å². The zero-order valence-corrected chi connectivity index (χ0v) is 10.4. The summed E-state index contributed by atoms with van der Waals surface area (Å²) in [5.74, 6) is 0. The van der Waals surface area contributed by atoms with Crippen LogP contribution in [0.15, 0.2) is 24.3 Å². The first-order chi connectivity index (χ1) is 5.90. The Morgan fingerprint density at radius 3 is 2.85 bits per heavy atom. The zero-order chi connectivity index (χ0) is 8.39. The van der Waals surface area contributed by atoms with Gasteiger partial charge in [0.2, 0.25) is 0 Å². The van der Waals surface area contributed by atoms with E-state index in [1.54, 1.807) is 0 Å². The summed E-state index contributed by atoms with van der Waals surface area (Å²) in [6, 6.07) is 11.4. The van der Waals surface area contributed by atoms with Crippen molar-refractivity contribution in [1.82, 2.24) is 10.3 Å². The van der Waals surface area contributed by atoms with Crippen LogP contribution in [0.2, 0.25) is 0 Å². The molecule has 0 unspecified atom stereocenters. The second kappa shape index (κ2) is 4.89. The quantitative estimate of drug-likeness (QED) is 0.777. The molecule has 0 bridgehead atoms. The van der Waals surface area contributed by atoms with E-state index in [0.717, 1.165) is 23.1 Å². The maximum atomic E-state index is 3.28. The van der Waals surface area contributed by atoms with Crippen LogP contribution in [-0.4, -0.2) is 12.0 Å². The third kappa shape index (κ3) is 2.40.